The van der Waals surface area contributed by atoms with Gasteiger partial charge in [-0.15, -0.1) is 6.42 Å². The van der Waals surface area contributed by atoms with Crippen LogP contribution in [0.1, 0.15) is 13.2 Å². The number of aliphatic hydroxyl groups excluding tert-OH is 2. The fourth-order valence-electron chi connectivity index (χ4n) is 2.03. The van der Waals surface area contributed by atoms with Crippen LogP contribution in [0.15, 0.2) is 15.9 Å². The van der Waals surface area contributed by atoms with E-state index in [1.807, 2.05) is 4.98 Å². The summed E-state index contributed by atoms with van der Waals surface area (Å²) < 4.78 is 6.24. The maximum Gasteiger partial charge on any atom is 0.350 e. The first-order chi connectivity index (χ1) is 9.31. The molecule has 0 aromatic carbocycles. The molecule has 1 aliphatic rings. The number of aromatic nitrogens is 3. The third-order valence-electron chi connectivity index (χ3n) is 3.08. The maximum absolute atomic E-state index is 11.7. The van der Waals surface area contributed by atoms with E-state index in [2.05, 4.69) is 10.9 Å². The van der Waals surface area contributed by atoms with Crippen molar-refractivity contribution in [2.75, 3.05) is 0 Å². The fourth-order valence-corrected chi connectivity index (χ4v) is 2.31. The highest BCUT2D eigenvalue weighted by atomic mass is 35.5. The molecule has 1 unspecified atom stereocenters. The molecule has 9 heteroatoms. The molecule has 1 aliphatic heterocycles. The highest BCUT2D eigenvalue weighted by molar-refractivity contribution is 6.27. The van der Waals surface area contributed by atoms with Crippen molar-refractivity contribution >= 4 is 11.6 Å². The number of ether oxygens (including phenoxy) is 1. The Kier molecular flexibility index (Phi) is 3.71. The fraction of sp³-hybridized carbons (Fsp3) is 0.545. The number of nitrogens with zero attached hydrogens (tertiary/aromatic N) is 2. The van der Waals surface area contributed by atoms with Gasteiger partial charge in [0.2, 0.25) is 0 Å². The molecule has 0 aliphatic carbocycles. The maximum atomic E-state index is 11.7. The molecule has 1 aromatic heterocycles. The van der Waals surface area contributed by atoms with Crippen LogP contribution in [0.25, 0.3) is 0 Å². The van der Waals surface area contributed by atoms with E-state index in [0.717, 1.165) is 10.9 Å². The SMILES string of the molecule is C#C[C@@]1(Cl)C(O)[C@@H]([C@H](C)O)O[C@H]1n1cnc(=O)[nH]c1=O. The predicted octanol–water partition coefficient (Wildman–Crippen LogP) is -1.82. The second-order valence-electron chi connectivity index (χ2n) is 4.44. The van der Waals surface area contributed by atoms with E-state index in [0.29, 0.717) is 0 Å². The van der Waals surface area contributed by atoms with Crippen LogP contribution in [0.3, 0.4) is 0 Å². The van der Waals surface area contributed by atoms with Gasteiger partial charge >= 0.3 is 11.4 Å². The molecule has 0 amide bonds. The summed E-state index contributed by atoms with van der Waals surface area (Å²) in [7, 11) is 0. The molecule has 2 heterocycles. The van der Waals surface area contributed by atoms with Gasteiger partial charge in [0.05, 0.1) is 6.10 Å². The lowest BCUT2D eigenvalue weighted by Crippen LogP contribution is -2.45. The number of hydrogen-bond acceptors (Lipinski definition) is 6. The van der Waals surface area contributed by atoms with Gasteiger partial charge in [-0.1, -0.05) is 17.5 Å². The molecule has 0 saturated carbocycles. The summed E-state index contributed by atoms with van der Waals surface area (Å²) in [6.07, 6.45) is 1.41. The minimum Gasteiger partial charge on any atom is -0.391 e. The van der Waals surface area contributed by atoms with Gasteiger partial charge in [0, 0.05) is 0 Å². The predicted molar refractivity (Wildman–Crippen MR) is 68.1 cm³/mol. The zero-order chi connectivity index (χ0) is 15.1. The van der Waals surface area contributed by atoms with Crippen LogP contribution < -0.4 is 11.4 Å². The zero-order valence-corrected chi connectivity index (χ0v) is 11.1. The number of H-pyrrole nitrogens is 1. The van der Waals surface area contributed by atoms with Gasteiger partial charge in [-0.05, 0) is 6.92 Å². The Morgan fingerprint density at radius 2 is 2.35 bits per heavy atom. The molecule has 2 rings (SSSR count). The molecule has 20 heavy (non-hydrogen) atoms. The van der Waals surface area contributed by atoms with Crippen molar-refractivity contribution in [2.45, 2.75) is 36.3 Å². The Labute approximate surface area is 118 Å². The molecule has 1 fully saturated rings. The van der Waals surface area contributed by atoms with Crippen molar-refractivity contribution in [1.29, 1.82) is 0 Å². The Balaban J connectivity index is 2.53. The summed E-state index contributed by atoms with van der Waals surface area (Å²) in [5.41, 5.74) is -1.67. The van der Waals surface area contributed by atoms with Gasteiger partial charge in [-0.2, -0.15) is 4.98 Å². The first-order valence-electron chi connectivity index (χ1n) is 5.67. The van der Waals surface area contributed by atoms with E-state index in [4.69, 9.17) is 22.8 Å². The molecule has 0 radical (unpaired) electrons. The minimum atomic E-state index is -1.77. The van der Waals surface area contributed by atoms with E-state index < -0.39 is 40.8 Å². The Bertz CT molecular complexity index is 663. The summed E-state index contributed by atoms with van der Waals surface area (Å²) in [5, 5.41) is 19.6. The minimum absolute atomic E-state index is 0.835. The van der Waals surface area contributed by atoms with Crippen molar-refractivity contribution in [2.24, 2.45) is 0 Å². The zero-order valence-electron chi connectivity index (χ0n) is 10.4. The molecular formula is C11H12ClN3O5. The Morgan fingerprint density at radius 3 is 2.85 bits per heavy atom. The molecule has 1 saturated heterocycles. The summed E-state index contributed by atoms with van der Waals surface area (Å²) in [6, 6.07) is 0. The summed E-state index contributed by atoms with van der Waals surface area (Å²) in [6.45, 7) is 1.39. The average molecular weight is 302 g/mol. The highest BCUT2D eigenvalue weighted by Gasteiger charge is 2.57. The summed E-state index contributed by atoms with van der Waals surface area (Å²) >= 11 is 6.15. The lowest BCUT2D eigenvalue weighted by molar-refractivity contribution is -0.0776. The largest absolute Gasteiger partial charge is 0.391 e. The molecule has 0 spiro atoms. The van der Waals surface area contributed by atoms with Crippen molar-refractivity contribution in [3.63, 3.8) is 0 Å². The van der Waals surface area contributed by atoms with E-state index in [1.165, 1.54) is 6.92 Å². The summed E-state index contributed by atoms with van der Waals surface area (Å²) in [5.74, 6) is 2.17. The van der Waals surface area contributed by atoms with Crippen LogP contribution in [0, 0.1) is 12.3 Å². The van der Waals surface area contributed by atoms with Crippen LogP contribution in [-0.2, 0) is 4.74 Å². The third kappa shape index (κ3) is 2.14. The number of aliphatic hydroxyl groups is 2. The van der Waals surface area contributed by atoms with Gasteiger partial charge in [0.1, 0.15) is 18.5 Å². The first kappa shape index (κ1) is 14.7. The van der Waals surface area contributed by atoms with Gasteiger partial charge < -0.3 is 14.9 Å². The molecule has 5 atom stereocenters. The molecule has 3 N–H and O–H groups in total. The van der Waals surface area contributed by atoms with Crippen molar-refractivity contribution in [1.82, 2.24) is 14.5 Å². The Hall–Kier alpha value is -1.66. The van der Waals surface area contributed by atoms with Crippen LogP contribution >= 0.6 is 11.6 Å². The van der Waals surface area contributed by atoms with Crippen molar-refractivity contribution in [3.05, 3.63) is 27.3 Å². The molecular weight excluding hydrogens is 290 g/mol. The normalized spacial score (nSPS) is 34.6. The second kappa shape index (κ2) is 5.03. The molecule has 8 nitrogen and oxygen atoms in total. The summed E-state index contributed by atoms with van der Waals surface area (Å²) in [4.78, 5) is 26.2. The van der Waals surface area contributed by atoms with Crippen LogP contribution in [0.4, 0.5) is 0 Å². The van der Waals surface area contributed by atoms with Gasteiger partial charge in [-0.25, -0.2) is 9.59 Å². The van der Waals surface area contributed by atoms with E-state index in [9.17, 15) is 19.8 Å². The van der Waals surface area contributed by atoms with Gasteiger partial charge in [0.15, 0.2) is 11.1 Å². The second-order valence-corrected chi connectivity index (χ2v) is 5.06. The van der Waals surface area contributed by atoms with Gasteiger partial charge in [0.25, 0.3) is 0 Å². The number of alkyl halides is 1. The third-order valence-corrected chi connectivity index (χ3v) is 3.60. The molecule has 1 aromatic rings. The number of aromatic amines is 1. The highest BCUT2D eigenvalue weighted by Crippen LogP contribution is 2.43. The van der Waals surface area contributed by atoms with E-state index in [1.54, 1.807) is 0 Å². The van der Waals surface area contributed by atoms with Crippen LogP contribution in [0.2, 0.25) is 0 Å². The standard InChI is InChI=1S/C11H12ClN3O5/c1-3-11(12)7(17)6(5(2)16)20-8(11)15-4-13-9(18)14-10(15)19/h1,4-8,16-17H,2H3,(H,14,18,19)/t5-,6+,7?,8+,11+/m0/s1. The van der Waals surface area contributed by atoms with Crippen LogP contribution in [-0.4, -0.2) is 47.9 Å². The lowest BCUT2D eigenvalue weighted by Gasteiger charge is -2.25. The number of terminal acetylenes is 1. The number of nitrogens with one attached hydrogen (secondary N) is 1. The smallest absolute Gasteiger partial charge is 0.350 e. The molecule has 108 valence electrons. The Morgan fingerprint density at radius 1 is 1.70 bits per heavy atom. The number of halogens is 1. The monoisotopic (exact) mass is 301 g/mol. The van der Waals surface area contributed by atoms with Crippen molar-refractivity contribution in [3.8, 4) is 12.3 Å². The van der Waals surface area contributed by atoms with Crippen LogP contribution in [0.5, 0.6) is 0 Å². The molecule has 0 bridgehead atoms. The average Bonchev–Trinajstić information content (AvgIpc) is 2.64. The number of rotatable bonds is 2. The van der Waals surface area contributed by atoms with Gasteiger partial charge in [-0.3, -0.25) is 9.55 Å². The first-order valence-corrected chi connectivity index (χ1v) is 6.04. The topological polar surface area (TPSA) is 117 Å². The van der Waals surface area contributed by atoms with E-state index >= 15 is 0 Å². The number of hydrogen-bond donors (Lipinski definition) is 3. The quantitative estimate of drug-likeness (QED) is 0.437. The van der Waals surface area contributed by atoms with E-state index in [-0.39, 0.29) is 0 Å². The van der Waals surface area contributed by atoms with Crippen molar-refractivity contribution < 1.29 is 14.9 Å². The lowest BCUT2D eigenvalue weighted by atomic mass is 9.97.